The van der Waals surface area contributed by atoms with Gasteiger partial charge in [-0.15, -0.1) is 0 Å². The van der Waals surface area contributed by atoms with Crippen LogP contribution in [0.1, 0.15) is 27.2 Å². The van der Waals surface area contributed by atoms with Gasteiger partial charge in [-0.25, -0.2) is 0 Å². The van der Waals surface area contributed by atoms with Gasteiger partial charge in [0.15, 0.2) is 5.92 Å². The van der Waals surface area contributed by atoms with Crippen molar-refractivity contribution >= 4 is 5.97 Å². The average Bonchev–Trinajstić information content (AvgIpc) is 2.47. The van der Waals surface area contributed by atoms with E-state index >= 15 is 0 Å². The Bertz CT molecular complexity index is 682. The molecule has 192 valence electrons. The predicted molar refractivity (Wildman–Crippen MR) is 70.8 cm³/mol. The zero-order valence-corrected chi connectivity index (χ0v) is 15.6. The maximum absolute atomic E-state index is 13.7. The topological polar surface area (TPSA) is 26.3 Å². The summed E-state index contributed by atoms with van der Waals surface area (Å²) in [5.74, 6) is -46.7. The molecule has 0 amide bonds. The molecule has 2 nitrogen and oxygen atoms in total. The van der Waals surface area contributed by atoms with Gasteiger partial charge in [0, 0.05) is 6.42 Å². The van der Waals surface area contributed by atoms with E-state index in [0.29, 0.717) is 0 Å². The van der Waals surface area contributed by atoms with Gasteiger partial charge in [-0.05, 0) is 20.8 Å². The lowest BCUT2D eigenvalue weighted by Gasteiger charge is -2.40. The molecule has 0 saturated carbocycles. The second kappa shape index (κ2) is 7.99. The Morgan fingerprint density at radius 3 is 1.25 bits per heavy atom. The van der Waals surface area contributed by atoms with E-state index in [1.807, 2.05) is 0 Å². The van der Waals surface area contributed by atoms with Crippen molar-refractivity contribution in [2.24, 2.45) is 5.92 Å². The Labute approximate surface area is 167 Å². The summed E-state index contributed by atoms with van der Waals surface area (Å²) in [5, 5.41) is 0. The molecule has 0 spiro atoms. The summed E-state index contributed by atoms with van der Waals surface area (Å²) >= 11 is 0. The largest absolute Gasteiger partial charge is 0.460 e. The highest BCUT2D eigenvalue weighted by Gasteiger charge is 2.90. The Kier molecular flexibility index (Phi) is 7.57. The van der Waals surface area contributed by atoms with Crippen molar-refractivity contribution in [1.29, 1.82) is 0 Å². The highest BCUT2D eigenvalue weighted by atomic mass is 19.4. The lowest BCUT2D eigenvalue weighted by Crippen LogP contribution is -2.70. The van der Waals surface area contributed by atoms with Crippen LogP contribution in [-0.4, -0.2) is 53.5 Å². The van der Waals surface area contributed by atoms with Crippen LogP contribution in [-0.2, 0) is 9.53 Å². The van der Waals surface area contributed by atoms with Gasteiger partial charge >= 0.3 is 47.9 Å². The molecule has 0 aliphatic heterocycles. The average molecular weight is 516 g/mol. The molecule has 18 heteroatoms. The Morgan fingerprint density at radius 2 is 0.969 bits per heavy atom. The van der Waals surface area contributed by atoms with Crippen LogP contribution < -0.4 is 0 Å². The van der Waals surface area contributed by atoms with Crippen molar-refractivity contribution < 1.29 is 79.8 Å². The van der Waals surface area contributed by atoms with E-state index in [9.17, 15) is 75.0 Å². The molecule has 0 aromatic rings. The summed E-state index contributed by atoms with van der Waals surface area (Å²) in [4.78, 5) is 11.4. The maximum atomic E-state index is 13.7. The van der Waals surface area contributed by atoms with Crippen LogP contribution in [0.5, 0.6) is 0 Å². The third kappa shape index (κ3) is 5.28. The predicted octanol–water partition coefficient (Wildman–Crippen LogP) is 6.64. The first-order chi connectivity index (χ1) is 13.5. The van der Waals surface area contributed by atoms with Crippen molar-refractivity contribution in [3.05, 3.63) is 0 Å². The van der Waals surface area contributed by atoms with Crippen LogP contribution in [0.4, 0.5) is 70.2 Å². The van der Waals surface area contributed by atoms with Crippen molar-refractivity contribution in [1.82, 2.24) is 0 Å². The molecule has 0 aromatic carbocycles. The third-order valence-electron chi connectivity index (χ3n) is 3.55. The number of esters is 1. The van der Waals surface area contributed by atoms with Crippen molar-refractivity contribution in [2.45, 2.75) is 74.8 Å². The fraction of sp³-hybridized carbons (Fsp3) is 0.929. The maximum Gasteiger partial charge on any atom is 0.460 e. The molecule has 0 rings (SSSR count). The number of hydrogen-bond donors (Lipinski definition) is 0. The van der Waals surface area contributed by atoms with Gasteiger partial charge in [0.05, 0.1) is 0 Å². The quantitative estimate of drug-likeness (QED) is 0.281. The van der Waals surface area contributed by atoms with Gasteiger partial charge in [0.1, 0.15) is 5.60 Å². The summed E-state index contributed by atoms with van der Waals surface area (Å²) < 4.78 is 211. The number of carbonyl (C=O) groups excluding carboxylic acids is 1. The summed E-state index contributed by atoms with van der Waals surface area (Å²) in [5.41, 5.74) is -1.90. The first-order valence-electron chi connectivity index (χ1n) is 7.73. The van der Waals surface area contributed by atoms with Gasteiger partial charge < -0.3 is 4.74 Å². The van der Waals surface area contributed by atoms with E-state index in [-0.39, 0.29) is 0 Å². The summed E-state index contributed by atoms with van der Waals surface area (Å²) in [6.45, 7) is 2.54. The monoisotopic (exact) mass is 516 g/mol. The van der Waals surface area contributed by atoms with Gasteiger partial charge in [0.2, 0.25) is 0 Å². The highest BCUT2D eigenvalue weighted by Crippen LogP contribution is 2.61. The molecule has 0 aliphatic rings. The standard InChI is InChI=1S/C14H12F16O2/c1-7(2,3)32-6(31)5(9(17,18)19)4-8(15,16)10(20,21)11(22,23)12(24,25)13(26,27)14(28,29)30/h5H,4H2,1-3H3. The van der Waals surface area contributed by atoms with Crippen molar-refractivity contribution in [3.63, 3.8) is 0 Å². The lowest BCUT2D eigenvalue weighted by atomic mass is 9.88. The molecule has 0 N–H and O–H groups in total. The van der Waals surface area contributed by atoms with Crippen LogP contribution in [0.3, 0.4) is 0 Å². The van der Waals surface area contributed by atoms with Gasteiger partial charge in [0.25, 0.3) is 0 Å². The highest BCUT2D eigenvalue weighted by molar-refractivity contribution is 5.74. The Balaban J connectivity index is 6.44. The number of carbonyl (C=O) groups is 1. The fourth-order valence-corrected chi connectivity index (χ4v) is 1.89. The number of hydrogen-bond acceptors (Lipinski definition) is 2. The molecule has 0 bridgehead atoms. The smallest absolute Gasteiger partial charge is 0.459 e. The second-order valence-electron chi connectivity index (χ2n) is 7.33. The van der Waals surface area contributed by atoms with Crippen LogP contribution in [0, 0.1) is 5.92 Å². The second-order valence-corrected chi connectivity index (χ2v) is 7.33. The molecule has 0 radical (unpaired) electrons. The molecule has 32 heavy (non-hydrogen) atoms. The van der Waals surface area contributed by atoms with Gasteiger partial charge in [-0.3, -0.25) is 4.79 Å². The number of rotatable bonds is 7. The SMILES string of the molecule is CC(C)(C)OC(=O)C(CC(F)(F)C(F)(F)C(F)(F)C(F)(F)C(F)(F)C(F)(F)F)C(F)(F)F. The van der Waals surface area contributed by atoms with Crippen molar-refractivity contribution in [3.8, 4) is 0 Å². The molecule has 0 fully saturated rings. The van der Waals surface area contributed by atoms with E-state index in [4.69, 9.17) is 0 Å². The van der Waals surface area contributed by atoms with E-state index in [0.717, 1.165) is 20.8 Å². The van der Waals surface area contributed by atoms with Crippen LogP contribution in [0.25, 0.3) is 0 Å². The minimum atomic E-state index is -8.26. The molecule has 1 atom stereocenters. The summed E-state index contributed by atoms with van der Waals surface area (Å²) in [6.07, 6.45) is -17.6. The first-order valence-corrected chi connectivity index (χ1v) is 7.73. The Morgan fingerprint density at radius 1 is 0.625 bits per heavy atom. The first kappa shape index (κ1) is 30.3. The zero-order chi connectivity index (χ0) is 26.6. The van der Waals surface area contributed by atoms with Gasteiger partial charge in [-0.2, -0.15) is 70.2 Å². The van der Waals surface area contributed by atoms with E-state index in [1.54, 1.807) is 0 Å². The van der Waals surface area contributed by atoms with Crippen LogP contribution in [0.15, 0.2) is 0 Å². The lowest BCUT2D eigenvalue weighted by molar-refractivity contribution is -0.441. The van der Waals surface area contributed by atoms with Crippen molar-refractivity contribution in [2.75, 3.05) is 0 Å². The fourth-order valence-electron chi connectivity index (χ4n) is 1.89. The molecule has 0 heterocycles. The molecular weight excluding hydrogens is 504 g/mol. The van der Waals surface area contributed by atoms with E-state index < -0.39 is 65.9 Å². The molecular formula is C14H12F16O2. The molecule has 0 aliphatic carbocycles. The Hall–Kier alpha value is -1.65. The van der Waals surface area contributed by atoms with Crippen LogP contribution >= 0.6 is 0 Å². The molecule has 0 saturated heterocycles. The minimum Gasteiger partial charge on any atom is -0.459 e. The normalized spacial score (nSPS) is 16.7. The van der Waals surface area contributed by atoms with Crippen LogP contribution in [0.2, 0.25) is 0 Å². The number of halogens is 16. The molecule has 1 unspecified atom stereocenters. The van der Waals surface area contributed by atoms with E-state index in [1.165, 1.54) is 0 Å². The minimum absolute atomic E-state index is 0.846. The van der Waals surface area contributed by atoms with E-state index in [2.05, 4.69) is 4.74 Å². The summed E-state index contributed by atoms with van der Waals surface area (Å²) in [7, 11) is 0. The zero-order valence-electron chi connectivity index (χ0n) is 15.6. The third-order valence-corrected chi connectivity index (χ3v) is 3.55. The summed E-state index contributed by atoms with van der Waals surface area (Å²) in [6, 6.07) is 0. The molecule has 0 aromatic heterocycles. The number of ether oxygens (including phenoxy) is 1. The number of alkyl halides is 16. The van der Waals surface area contributed by atoms with Gasteiger partial charge in [-0.1, -0.05) is 0 Å².